The van der Waals surface area contributed by atoms with Crippen LogP contribution >= 0.6 is 0 Å². The summed E-state index contributed by atoms with van der Waals surface area (Å²) in [5.41, 5.74) is 5.21. The summed E-state index contributed by atoms with van der Waals surface area (Å²) < 4.78 is 1.99. The minimum absolute atomic E-state index is 0.124. The fraction of sp³-hybridized carbons (Fsp3) is 0.625. The lowest BCUT2D eigenvalue weighted by atomic mass is 10.00. The quantitative estimate of drug-likeness (QED) is 0.781. The van der Waals surface area contributed by atoms with Crippen molar-refractivity contribution in [1.29, 1.82) is 0 Å². The number of aromatic nitrogens is 2. The molecule has 2 aliphatic carbocycles. The lowest BCUT2D eigenvalue weighted by Gasteiger charge is -2.11. The van der Waals surface area contributed by atoms with E-state index in [0.717, 1.165) is 44.5 Å². The van der Waals surface area contributed by atoms with Crippen LogP contribution in [0, 0.1) is 17.8 Å². The molecule has 0 saturated heterocycles. The molecule has 2 saturated carbocycles. The van der Waals surface area contributed by atoms with Gasteiger partial charge in [0.1, 0.15) is 17.3 Å². The molecule has 7 heteroatoms. The van der Waals surface area contributed by atoms with Crippen LogP contribution in [0.15, 0.2) is 6.20 Å². The van der Waals surface area contributed by atoms with E-state index < -0.39 is 5.91 Å². The minimum atomic E-state index is -0.407. The number of hydrogen-bond donors (Lipinski definition) is 2. The Labute approximate surface area is 133 Å². The summed E-state index contributed by atoms with van der Waals surface area (Å²) in [5, 5.41) is 0. The summed E-state index contributed by atoms with van der Waals surface area (Å²) >= 11 is 0. The Morgan fingerprint density at radius 1 is 1.17 bits per heavy atom. The SMILES string of the molecule is O=C(NNC(=O)[C@@H]1[C@H]2CCCC(=O)[C@H]21)c1cn2c(n1)CCCC2. The molecule has 1 aromatic rings. The predicted molar refractivity (Wildman–Crippen MR) is 80.1 cm³/mol. The lowest BCUT2D eigenvalue weighted by molar-refractivity contribution is -0.126. The van der Waals surface area contributed by atoms with Gasteiger partial charge >= 0.3 is 0 Å². The van der Waals surface area contributed by atoms with Crippen LogP contribution in [0.3, 0.4) is 0 Å². The number of rotatable bonds is 2. The van der Waals surface area contributed by atoms with E-state index in [1.807, 2.05) is 4.57 Å². The van der Waals surface area contributed by atoms with Crippen molar-refractivity contribution in [2.24, 2.45) is 17.8 Å². The molecule has 7 nitrogen and oxygen atoms in total. The van der Waals surface area contributed by atoms with Gasteiger partial charge in [-0.2, -0.15) is 0 Å². The van der Waals surface area contributed by atoms with Crippen LogP contribution in [-0.2, 0) is 22.6 Å². The molecule has 3 aliphatic rings. The number of carbonyl (C=O) groups excluding carboxylic acids is 3. The average Bonchev–Trinajstić information content (AvgIpc) is 3.14. The molecule has 0 spiro atoms. The van der Waals surface area contributed by atoms with Gasteiger partial charge in [-0.25, -0.2) is 4.98 Å². The molecule has 122 valence electrons. The van der Waals surface area contributed by atoms with Crippen LogP contribution < -0.4 is 10.9 Å². The van der Waals surface area contributed by atoms with Gasteiger partial charge in [-0.3, -0.25) is 25.2 Å². The van der Waals surface area contributed by atoms with Gasteiger partial charge in [0, 0.05) is 31.5 Å². The molecule has 2 N–H and O–H groups in total. The molecule has 4 rings (SSSR count). The number of carbonyl (C=O) groups is 3. The molecule has 1 aliphatic heterocycles. The van der Waals surface area contributed by atoms with E-state index in [9.17, 15) is 14.4 Å². The molecule has 2 heterocycles. The highest BCUT2D eigenvalue weighted by atomic mass is 16.2. The van der Waals surface area contributed by atoms with Crippen LogP contribution in [0.5, 0.6) is 0 Å². The number of hydrazine groups is 1. The second kappa shape index (κ2) is 5.47. The van der Waals surface area contributed by atoms with Crippen LogP contribution in [0.4, 0.5) is 0 Å². The second-order valence-electron chi connectivity index (χ2n) is 6.71. The zero-order valence-corrected chi connectivity index (χ0v) is 12.9. The highest BCUT2D eigenvalue weighted by Crippen LogP contribution is 2.53. The number of imidazole rings is 1. The van der Waals surface area contributed by atoms with Crippen molar-refractivity contribution < 1.29 is 14.4 Å². The Balaban J connectivity index is 1.34. The first-order chi connectivity index (χ1) is 11.1. The Morgan fingerprint density at radius 3 is 2.83 bits per heavy atom. The molecule has 0 aromatic carbocycles. The number of amides is 2. The fourth-order valence-corrected chi connectivity index (χ4v) is 4.00. The molecule has 23 heavy (non-hydrogen) atoms. The van der Waals surface area contributed by atoms with Gasteiger partial charge in [0.25, 0.3) is 5.91 Å². The van der Waals surface area contributed by atoms with Crippen LogP contribution in [-0.4, -0.2) is 27.1 Å². The maximum atomic E-state index is 12.1. The Bertz CT molecular complexity index is 657. The van der Waals surface area contributed by atoms with Crippen LogP contribution in [0.2, 0.25) is 0 Å². The van der Waals surface area contributed by atoms with Crippen molar-refractivity contribution in [3.05, 3.63) is 17.7 Å². The summed E-state index contributed by atoms with van der Waals surface area (Å²) in [7, 11) is 0. The van der Waals surface area contributed by atoms with Crippen LogP contribution in [0.25, 0.3) is 0 Å². The molecular formula is C16H20N4O3. The zero-order chi connectivity index (χ0) is 16.0. The van der Waals surface area contributed by atoms with E-state index in [2.05, 4.69) is 15.8 Å². The summed E-state index contributed by atoms with van der Waals surface area (Å²) in [5.74, 6) is 0.234. The number of fused-ring (bicyclic) bond motifs is 2. The van der Waals surface area contributed by atoms with E-state index in [0.29, 0.717) is 12.1 Å². The third-order valence-corrected chi connectivity index (χ3v) is 5.24. The average molecular weight is 316 g/mol. The van der Waals surface area contributed by atoms with E-state index >= 15 is 0 Å². The maximum absolute atomic E-state index is 12.1. The Hall–Kier alpha value is -2.18. The fourth-order valence-electron chi connectivity index (χ4n) is 4.00. The van der Waals surface area contributed by atoms with E-state index in [-0.39, 0.29) is 29.4 Å². The molecule has 2 fully saturated rings. The molecule has 2 amide bonds. The summed E-state index contributed by atoms with van der Waals surface area (Å²) in [6, 6.07) is 0. The standard InChI is InChI=1S/C16H20N4O3/c21-11-5-3-4-9-13(11)14(9)16(23)19-18-15(22)10-8-20-7-2-1-6-12(20)17-10/h8-9,13-14H,1-7H2,(H,18,22)(H,19,23)/t9-,13-,14+/m0/s1. The highest BCUT2D eigenvalue weighted by molar-refractivity contribution is 5.97. The lowest BCUT2D eigenvalue weighted by Crippen LogP contribution is -2.43. The Morgan fingerprint density at radius 2 is 2.04 bits per heavy atom. The topological polar surface area (TPSA) is 93.1 Å². The van der Waals surface area contributed by atoms with Crippen molar-refractivity contribution in [2.45, 2.75) is 45.1 Å². The van der Waals surface area contributed by atoms with Crippen LogP contribution in [0.1, 0.15) is 48.4 Å². The van der Waals surface area contributed by atoms with Gasteiger partial charge in [0.15, 0.2) is 0 Å². The van der Waals surface area contributed by atoms with Gasteiger partial charge in [-0.05, 0) is 31.6 Å². The first-order valence-electron chi connectivity index (χ1n) is 8.34. The van der Waals surface area contributed by atoms with Gasteiger partial charge in [-0.15, -0.1) is 0 Å². The van der Waals surface area contributed by atoms with Crippen molar-refractivity contribution in [3.8, 4) is 0 Å². The van der Waals surface area contributed by atoms with Gasteiger partial charge < -0.3 is 4.57 Å². The Kier molecular flexibility index (Phi) is 3.43. The van der Waals surface area contributed by atoms with Gasteiger partial charge in [0.2, 0.25) is 5.91 Å². The molecule has 0 radical (unpaired) electrons. The first kappa shape index (κ1) is 14.4. The zero-order valence-electron chi connectivity index (χ0n) is 12.9. The summed E-state index contributed by atoms with van der Waals surface area (Å²) in [6.07, 6.45) is 7.18. The van der Waals surface area contributed by atoms with Crippen molar-refractivity contribution in [2.75, 3.05) is 0 Å². The number of ketones is 1. The van der Waals surface area contributed by atoms with Crippen molar-refractivity contribution in [3.63, 3.8) is 0 Å². The monoisotopic (exact) mass is 316 g/mol. The maximum Gasteiger partial charge on any atom is 0.289 e. The smallest absolute Gasteiger partial charge is 0.289 e. The number of nitrogens with one attached hydrogen (secondary N) is 2. The molecular weight excluding hydrogens is 296 g/mol. The highest BCUT2D eigenvalue weighted by Gasteiger charge is 2.59. The minimum Gasteiger partial charge on any atom is -0.334 e. The number of aryl methyl sites for hydroxylation is 2. The van der Waals surface area contributed by atoms with Gasteiger partial charge in [-0.1, -0.05) is 0 Å². The van der Waals surface area contributed by atoms with Gasteiger partial charge in [0.05, 0.1) is 5.92 Å². The van der Waals surface area contributed by atoms with Crippen molar-refractivity contribution in [1.82, 2.24) is 20.4 Å². The number of Topliss-reactive ketones (excluding diaryl/α,β-unsaturated/α-hetero) is 1. The molecule has 1 aromatic heterocycles. The predicted octanol–water partition coefficient (Wildman–Crippen LogP) is 0.596. The molecule has 0 unspecified atom stereocenters. The number of hydrogen-bond acceptors (Lipinski definition) is 4. The van der Waals surface area contributed by atoms with Crippen molar-refractivity contribution >= 4 is 17.6 Å². The molecule has 0 bridgehead atoms. The first-order valence-corrected chi connectivity index (χ1v) is 8.34. The normalized spacial score (nSPS) is 28.5. The van der Waals surface area contributed by atoms with E-state index in [1.54, 1.807) is 6.20 Å². The summed E-state index contributed by atoms with van der Waals surface area (Å²) in [6.45, 7) is 0.884. The van der Waals surface area contributed by atoms with E-state index in [1.165, 1.54) is 0 Å². The third-order valence-electron chi connectivity index (χ3n) is 5.24. The van der Waals surface area contributed by atoms with E-state index in [4.69, 9.17) is 0 Å². The number of nitrogens with zero attached hydrogens (tertiary/aromatic N) is 2. The summed E-state index contributed by atoms with van der Waals surface area (Å²) in [4.78, 5) is 40.3. The molecule has 3 atom stereocenters. The third kappa shape index (κ3) is 2.54. The largest absolute Gasteiger partial charge is 0.334 e. The second-order valence-corrected chi connectivity index (χ2v) is 6.71.